The fraction of sp³-hybridized carbons (Fsp3) is 0.467. The van der Waals surface area contributed by atoms with Gasteiger partial charge in [0.2, 0.25) is 5.91 Å². The van der Waals surface area contributed by atoms with E-state index in [4.69, 9.17) is 16.3 Å². The van der Waals surface area contributed by atoms with E-state index in [2.05, 4.69) is 5.32 Å². The summed E-state index contributed by atoms with van der Waals surface area (Å²) >= 11 is 6.09. The minimum Gasteiger partial charge on any atom is -0.444 e. The van der Waals surface area contributed by atoms with Gasteiger partial charge in [0.1, 0.15) is 5.60 Å². The third-order valence-corrected chi connectivity index (χ3v) is 2.85. The molecule has 0 aromatic heterocycles. The first-order valence-electron chi connectivity index (χ1n) is 6.70. The number of nitrogens with zero attached hydrogens (tertiary/aromatic N) is 1. The van der Waals surface area contributed by atoms with E-state index in [0.29, 0.717) is 17.3 Å². The molecule has 6 heteroatoms. The van der Waals surface area contributed by atoms with Crippen LogP contribution in [0.4, 0.5) is 10.5 Å². The van der Waals surface area contributed by atoms with Gasteiger partial charge in [-0.25, -0.2) is 4.79 Å². The third-order valence-electron chi connectivity index (χ3n) is 2.53. The molecule has 116 valence electrons. The molecule has 0 aliphatic rings. The van der Waals surface area contributed by atoms with Crippen LogP contribution in [-0.2, 0) is 9.53 Å². The second-order valence-corrected chi connectivity index (χ2v) is 5.96. The Hall–Kier alpha value is -1.75. The molecule has 1 aromatic rings. The third kappa shape index (κ3) is 6.04. The zero-order valence-electron chi connectivity index (χ0n) is 12.8. The summed E-state index contributed by atoms with van der Waals surface area (Å²) < 4.78 is 5.13. The van der Waals surface area contributed by atoms with Gasteiger partial charge in [0.05, 0.1) is 10.7 Å². The van der Waals surface area contributed by atoms with Gasteiger partial charge in [-0.1, -0.05) is 23.7 Å². The molecule has 2 amide bonds. The number of para-hydroxylation sites is 1. The molecule has 1 rings (SSSR count). The minimum absolute atomic E-state index is 0.144. The van der Waals surface area contributed by atoms with E-state index in [1.807, 2.05) is 0 Å². The lowest BCUT2D eigenvalue weighted by Crippen LogP contribution is -2.39. The molecule has 0 aliphatic heterocycles. The number of benzene rings is 1. The molecule has 1 N–H and O–H groups in total. The van der Waals surface area contributed by atoms with Gasteiger partial charge in [-0.05, 0) is 32.9 Å². The Bertz CT molecular complexity index is 512. The van der Waals surface area contributed by atoms with E-state index in [0.717, 1.165) is 0 Å². The van der Waals surface area contributed by atoms with Crippen LogP contribution >= 0.6 is 11.6 Å². The van der Waals surface area contributed by atoms with Crippen molar-refractivity contribution in [1.29, 1.82) is 0 Å². The van der Waals surface area contributed by atoms with Crippen molar-refractivity contribution in [3.63, 3.8) is 0 Å². The number of nitrogens with one attached hydrogen (secondary N) is 1. The average Bonchev–Trinajstić information content (AvgIpc) is 2.33. The van der Waals surface area contributed by atoms with Gasteiger partial charge >= 0.3 is 6.09 Å². The fourth-order valence-electron chi connectivity index (χ4n) is 1.70. The topological polar surface area (TPSA) is 58.6 Å². The predicted octanol–water partition coefficient (Wildman–Crippen LogP) is 3.22. The summed E-state index contributed by atoms with van der Waals surface area (Å²) in [4.78, 5) is 24.8. The lowest BCUT2D eigenvalue weighted by Gasteiger charge is -2.23. The van der Waals surface area contributed by atoms with Crippen molar-refractivity contribution >= 4 is 29.3 Å². The Kier molecular flexibility index (Phi) is 6.03. The summed E-state index contributed by atoms with van der Waals surface area (Å²) in [5, 5.41) is 3.11. The maximum absolute atomic E-state index is 11.7. The SMILES string of the molecule is CC(=O)N(CCNC(=O)OC(C)(C)C)c1ccccc1Cl. The highest BCUT2D eigenvalue weighted by molar-refractivity contribution is 6.33. The van der Waals surface area contributed by atoms with Crippen molar-refractivity contribution in [3.05, 3.63) is 29.3 Å². The quantitative estimate of drug-likeness (QED) is 0.928. The molecule has 5 nitrogen and oxygen atoms in total. The highest BCUT2D eigenvalue weighted by atomic mass is 35.5. The average molecular weight is 313 g/mol. The van der Waals surface area contributed by atoms with Crippen LogP contribution in [0.3, 0.4) is 0 Å². The van der Waals surface area contributed by atoms with Crippen LogP contribution in [-0.4, -0.2) is 30.7 Å². The first kappa shape index (κ1) is 17.3. The van der Waals surface area contributed by atoms with Gasteiger partial charge in [-0.3, -0.25) is 4.79 Å². The number of amides is 2. The number of hydrogen-bond donors (Lipinski definition) is 1. The molecule has 0 saturated heterocycles. The standard InChI is InChI=1S/C15H21ClN2O3/c1-11(19)18(13-8-6-5-7-12(13)16)10-9-17-14(20)21-15(2,3)4/h5-8H,9-10H2,1-4H3,(H,17,20). The van der Waals surface area contributed by atoms with Crippen molar-refractivity contribution in [2.75, 3.05) is 18.0 Å². The second kappa shape index (κ2) is 7.31. The largest absolute Gasteiger partial charge is 0.444 e. The van der Waals surface area contributed by atoms with Crippen LogP contribution in [0.15, 0.2) is 24.3 Å². The maximum Gasteiger partial charge on any atom is 0.407 e. The first-order valence-corrected chi connectivity index (χ1v) is 7.08. The van der Waals surface area contributed by atoms with Gasteiger partial charge in [-0.2, -0.15) is 0 Å². The molecule has 0 aliphatic carbocycles. The van der Waals surface area contributed by atoms with Gasteiger partial charge in [0.15, 0.2) is 0 Å². The number of ether oxygens (including phenoxy) is 1. The molecule has 0 heterocycles. The zero-order chi connectivity index (χ0) is 16.0. The molecule has 0 unspecified atom stereocenters. The smallest absolute Gasteiger partial charge is 0.407 e. The Morgan fingerprint density at radius 2 is 1.90 bits per heavy atom. The van der Waals surface area contributed by atoms with E-state index < -0.39 is 11.7 Å². The summed E-state index contributed by atoms with van der Waals surface area (Å²) in [5.41, 5.74) is 0.0743. The van der Waals surface area contributed by atoms with E-state index in [-0.39, 0.29) is 12.5 Å². The lowest BCUT2D eigenvalue weighted by molar-refractivity contribution is -0.116. The highest BCUT2D eigenvalue weighted by Gasteiger charge is 2.17. The molecule has 0 radical (unpaired) electrons. The highest BCUT2D eigenvalue weighted by Crippen LogP contribution is 2.24. The summed E-state index contributed by atoms with van der Waals surface area (Å²) in [7, 11) is 0. The first-order chi connectivity index (χ1) is 9.70. The van der Waals surface area contributed by atoms with Crippen LogP contribution in [0.2, 0.25) is 5.02 Å². The number of hydrogen-bond acceptors (Lipinski definition) is 3. The number of halogens is 1. The number of anilines is 1. The van der Waals surface area contributed by atoms with Crippen LogP contribution in [0, 0.1) is 0 Å². The van der Waals surface area contributed by atoms with Crippen LogP contribution in [0.1, 0.15) is 27.7 Å². The summed E-state index contributed by atoms with van der Waals surface area (Å²) in [6, 6.07) is 7.08. The molecule has 0 saturated carbocycles. The fourth-order valence-corrected chi connectivity index (χ4v) is 1.94. The van der Waals surface area contributed by atoms with E-state index in [1.165, 1.54) is 11.8 Å². The Balaban J connectivity index is 2.60. The lowest BCUT2D eigenvalue weighted by atomic mass is 10.2. The molecule has 0 atom stereocenters. The van der Waals surface area contributed by atoms with Crippen LogP contribution in [0.5, 0.6) is 0 Å². The van der Waals surface area contributed by atoms with Crippen LogP contribution < -0.4 is 10.2 Å². The molecule has 0 spiro atoms. The molecule has 0 fully saturated rings. The normalized spacial score (nSPS) is 10.9. The number of carbonyl (C=O) groups excluding carboxylic acids is 2. The van der Waals surface area contributed by atoms with Crippen molar-refractivity contribution < 1.29 is 14.3 Å². The summed E-state index contributed by atoms with van der Waals surface area (Å²) in [6.45, 7) is 7.42. The zero-order valence-corrected chi connectivity index (χ0v) is 13.5. The van der Waals surface area contributed by atoms with Crippen LogP contribution in [0.25, 0.3) is 0 Å². The van der Waals surface area contributed by atoms with Gasteiger partial charge in [-0.15, -0.1) is 0 Å². The molecule has 21 heavy (non-hydrogen) atoms. The summed E-state index contributed by atoms with van der Waals surface area (Å²) in [6.07, 6.45) is -0.509. The van der Waals surface area contributed by atoms with E-state index in [1.54, 1.807) is 45.0 Å². The predicted molar refractivity (Wildman–Crippen MR) is 83.7 cm³/mol. The molecule has 1 aromatic carbocycles. The molecular weight excluding hydrogens is 292 g/mol. The van der Waals surface area contributed by atoms with E-state index in [9.17, 15) is 9.59 Å². The molecular formula is C15H21ClN2O3. The second-order valence-electron chi connectivity index (χ2n) is 5.55. The van der Waals surface area contributed by atoms with Crippen molar-refractivity contribution in [3.8, 4) is 0 Å². The Morgan fingerprint density at radius 1 is 1.29 bits per heavy atom. The van der Waals surface area contributed by atoms with Crippen molar-refractivity contribution in [1.82, 2.24) is 5.32 Å². The monoisotopic (exact) mass is 312 g/mol. The Labute approximate surface area is 130 Å². The summed E-state index contributed by atoms with van der Waals surface area (Å²) in [5.74, 6) is -0.144. The maximum atomic E-state index is 11.7. The van der Waals surface area contributed by atoms with Gasteiger partial charge in [0, 0.05) is 20.0 Å². The minimum atomic E-state index is -0.549. The Morgan fingerprint density at radius 3 is 2.43 bits per heavy atom. The van der Waals surface area contributed by atoms with Crippen molar-refractivity contribution in [2.45, 2.75) is 33.3 Å². The van der Waals surface area contributed by atoms with E-state index >= 15 is 0 Å². The molecule has 0 bridgehead atoms. The number of rotatable bonds is 4. The number of carbonyl (C=O) groups is 2. The van der Waals surface area contributed by atoms with Gasteiger partial charge in [0.25, 0.3) is 0 Å². The van der Waals surface area contributed by atoms with Gasteiger partial charge < -0.3 is 15.0 Å². The van der Waals surface area contributed by atoms with Crippen molar-refractivity contribution in [2.24, 2.45) is 0 Å². The number of alkyl carbamates (subject to hydrolysis) is 1.